The van der Waals surface area contributed by atoms with Crippen LogP contribution < -0.4 is 15.4 Å². The molecule has 0 radical (unpaired) electrons. The second kappa shape index (κ2) is 6.86. The Morgan fingerprint density at radius 3 is 2.74 bits per heavy atom. The third-order valence-electron chi connectivity index (χ3n) is 5.80. The van der Waals surface area contributed by atoms with Crippen molar-refractivity contribution in [3.8, 4) is 5.75 Å². The van der Waals surface area contributed by atoms with E-state index in [0.717, 1.165) is 41.1 Å². The van der Waals surface area contributed by atoms with Crippen LogP contribution in [0.25, 0.3) is 0 Å². The lowest BCUT2D eigenvalue weighted by molar-refractivity contribution is 0.0934. The molecule has 0 bridgehead atoms. The van der Waals surface area contributed by atoms with Crippen molar-refractivity contribution < 1.29 is 9.53 Å². The van der Waals surface area contributed by atoms with Gasteiger partial charge in [0.05, 0.1) is 12.2 Å². The highest BCUT2D eigenvalue weighted by Gasteiger charge is 2.36. The van der Waals surface area contributed by atoms with Gasteiger partial charge in [-0.15, -0.1) is 11.3 Å². The molecular formula is C22H28N2O2S. The summed E-state index contributed by atoms with van der Waals surface area (Å²) >= 11 is 1.77. The molecule has 2 N–H and O–H groups in total. The molecule has 2 atom stereocenters. The van der Waals surface area contributed by atoms with E-state index in [2.05, 4.69) is 31.4 Å². The highest BCUT2D eigenvalue weighted by Crippen LogP contribution is 2.46. The molecule has 0 saturated carbocycles. The lowest BCUT2D eigenvalue weighted by atomic mass is 9.72. The lowest BCUT2D eigenvalue weighted by Gasteiger charge is -2.34. The number of carbonyl (C=O) groups excluding carboxylic acids is 1. The summed E-state index contributed by atoms with van der Waals surface area (Å²) in [6.07, 6.45) is 2.97. The zero-order chi connectivity index (χ0) is 19.2. The van der Waals surface area contributed by atoms with Gasteiger partial charge in [-0.05, 0) is 49.1 Å². The van der Waals surface area contributed by atoms with Crippen LogP contribution in [0.1, 0.15) is 66.6 Å². The quantitative estimate of drug-likeness (QED) is 0.769. The van der Waals surface area contributed by atoms with E-state index in [0.29, 0.717) is 17.9 Å². The van der Waals surface area contributed by atoms with Gasteiger partial charge in [-0.25, -0.2) is 0 Å². The van der Waals surface area contributed by atoms with Crippen LogP contribution >= 0.6 is 11.3 Å². The number of nitrogens with one attached hydrogen (secondary N) is 2. The van der Waals surface area contributed by atoms with E-state index in [9.17, 15) is 4.79 Å². The summed E-state index contributed by atoms with van der Waals surface area (Å²) in [6, 6.07) is 7.91. The minimum Gasteiger partial charge on any atom is -0.493 e. The summed E-state index contributed by atoms with van der Waals surface area (Å²) in [5.74, 6) is 1.52. The van der Waals surface area contributed by atoms with E-state index in [1.165, 1.54) is 10.4 Å². The first-order chi connectivity index (χ1) is 12.9. The van der Waals surface area contributed by atoms with Gasteiger partial charge in [0.2, 0.25) is 0 Å². The Kier molecular flexibility index (Phi) is 4.66. The molecule has 4 rings (SSSR count). The molecule has 2 aliphatic rings. The van der Waals surface area contributed by atoms with E-state index in [4.69, 9.17) is 4.74 Å². The number of hydrogen-bond acceptors (Lipinski definition) is 4. The van der Waals surface area contributed by atoms with Gasteiger partial charge in [-0.2, -0.15) is 0 Å². The van der Waals surface area contributed by atoms with Crippen molar-refractivity contribution in [1.82, 2.24) is 5.32 Å². The first kappa shape index (κ1) is 18.4. The average molecular weight is 385 g/mol. The van der Waals surface area contributed by atoms with Crippen LogP contribution in [0.15, 0.2) is 24.3 Å². The third-order valence-corrected chi connectivity index (χ3v) is 6.98. The topological polar surface area (TPSA) is 50.4 Å². The molecule has 0 unspecified atom stereocenters. The monoisotopic (exact) mass is 384 g/mol. The molecule has 2 aromatic rings. The third kappa shape index (κ3) is 3.33. The Morgan fingerprint density at radius 2 is 2.00 bits per heavy atom. The van der Waals surface area contributed by atoms with Gasteiger partial charge in [-0.3, -0.25) is 4.79 Å². The van der Waals surface area contributed by atoms with E-state index in [-0.39, 0.29) is 12.1 Å². The van der Waals surface area contributed by atoms with Gasteiger partial charge in [0.1, 0.15) is 16.9 Å². The maximum atomic E-state index is 13.0. The smallest absolute Gasteiger partial charge is 0.256 e. The van der Waals surface area contributed by atoms with Crippen molar-refractivity contribution in [3.05, 3.63) is 45.8 Å². The van der Waals surface area contributed by atoms with Crippen LogP contribution in [0.2, 0.25) is 0 Å². The van der Waals surface area contributed by atoms with E-state index < -0.39 is 0 Å². The van der Waals surface area contributed by atoms with Crippen LogP contribution in [0.3, 0.4) is 0 Å². The van der Waals surface area contributed by atoms with E-state index >= 15 is 0 Å². The first-order valence-electron chi connectivity index (χ1n) is 9.82. The summed E-state index contributed by atoms with van der Waals surface area (Å²) < 4.78 is 5.76. The van der Waals surface area contributed by atoms with E-state index in [1.807, 2.05) is 31.2 Å². The van der Waals surface area contributed by atoms with Crippen molar-refractivity contribution in [2.45, 2.75) is 53.1 Å². The van der Waals surface area contributed by atoms with Gasteiger partial charge < -0.3 is 15.4 Å². The van der Waals surface area contributed by atoms with Crippen molar-refractivity contribution in [2.75, 3.05) is 11.9 Å². The molecule has 4 nitrogen and oxygen atoms in total. The Hall–Kier alpha value is -2.01. The summed E-state index contributed by atoms with van der Waals surface area (Å²) in [4.78, 5) is 14.3. The Balaban J connectivity index is 1.65. The molecule has 1 aromatic carbocycles. The molecule has 144 valence electrons. The number of para-hydroxylation sites is 1. The Morgan fingerprint density at radius 1 is 1.22 bits per heavy atom. The molecule has 0 spiro atoms. The van der Waals surface area contributed by atoms with Gasteiger partial charge in [0, 0.05) is 10.4 Å². The Bertz CT molecular complexity index is 866. The number of ether oxygens (including phenoxy) is 1. The van der Waals surface area contributed by atoms with Crippen molar-refractivity contribution in [3.63, 3.8) is 0 Å². The average Bonchev–Trinajstić information content (AvgIpc) is 2.99. The summed E-state index contributed by atoms with van der Waals surface area (Å²) in [5, 5.41) is 7.71. The summed E-state index contributed by atoms with van der Waals surface area (Å²) in [7, 11) is 0. The fourth-order valence-electron chi connectivity index (χ4n) is 4.20. The number of carbonyl (C=O) groups is 1. The van der Waals surface area contributed by atoms with Gasteiger partial charge in [-0.1, -0.05) is 39.0 Å². The Labute approximate surface area is 165 Å². The number of hydrogen-bond donors (Lipinski definition) is 2. The number of anilines is 1. The predicted octanol–water partition coefficient (Wildman–Crippen LogP) is 5.15. The molecule has 1 aliphatic carbocycles. The number of amides is 1. The normalized spacial score (nSPS) is 21.7. The number of benzene rings is 1. The first-order valence-corrected chi connectivity index (χ1v) is 10.6. The predicted molar refractivity (Wildman–Crippen MR) is 111 cm³/mol. The molecule has 0 fully saturated rings. The molecular weight excluding hydrogens is 356 g/mol. The minimum absolute atomic E-state index is 0.0340. The minimum atomic E-state index is -0.258. The fourth-order valence-corrected chi connectivity index (χ4v) is 5.55. The summed E-state index contributed by atoms with van der Waals surface area (Å²) in [6.45, 7) is 9.54. The molecule has 0 saturated heterocycles. The zero-order valence-electron chi connectivity index (χ0n) is 16.5. The lowest BCUT2D eigenvalue weighted by Crippen LogP contribution is -2.38. The van der Waals surface area contributed by atoms with Crippen LogP contribution in [0, 0.1) is 11.3 Å². The van der Waals surface area contributed by atoms with Crippen molar-refractivity contribution in [1.29, 1.82) is 0 Å². The fraction of sp³-hybridized carbons (Fsp3) is 0.500. The highest BCUT2D eigenvalue weighted by atomic mass is 32.1. The molecule has 1 amide bonds. The van der Waals surface area contributed by atoms with Gasteiger partial charge >= 0.3 is 0 Å². The van der Waals surface area contributed by atoms with Crippen LogP contribution in [0.4, 0.5) is 5.00 Å². The van der Waals surface area contributed by atoms with Crippen LogP contribution in [-0.4, -0.2) is 12.5 Å². The highest BCUT2D eigenvalue weighted by molar-refractivity contribution is 7.16. The standard InChI is InChI=1S/C22H28N2O2S/c1-5-26-16-9-7-6-8-14(16)19-23-20(25)18-15-11-10-13(22(2,3)4)12-17(15)27-21(18)24-19/h6-9,13,19,24H,5,10-12H2,1-4H3,(H,23,25)/t13-,19+/m0/s1. The van der Waals surface area contributed by atoms with E-state index in [1.54, 1.807) is 11.3 Å². The van der Waals surface area contributed by atoms with Crippen LogP contribution in [0.5, 0.6) is 5.75 Å². The maximum Gasteiger partial charge on any atom is 0.256 e. The molecule has 27 heavy (non-hydrogen) atoms. The number of rotatable bonds is 3. The molecule has 1 aromatic heterocycles. The summed E-state index contributed by atoms with van der Waals surface area (Å²) in [5.41, 5.74) is 3.40. The van der Waals surface area contributed by atoms with Crippen LogP contribution in [-0.2, 0) is 12.8 Å². The SMILES string of the molecule is CCOc1ccccc1[C@@H]1NC(=O)c2c(sc3c2CC[C@H](C(C)(C)C)C3)N1. The molecule has 1 aliphatic heterocycles. The number of fused-ring (bicyclic) bond motifs is 3. The molecule has 2 heterocycles. The van der Waals surface area contributed by atoms with Crippen molar-refractivity contribution in [2.24, 2.45) is 11.3 Å². The van der Waals surface area contributed by atoms with Gasteiger partial charge in [0.15, 0.2) is 0 Å². The second-order valence-corrected chi connectivity index (χ2v) is 9.64. The van der Waals surface area contributed by atoms with Crippen molar-refractivity contribution >= 4 is 22.2 Å². The zero-order valence-corrected chi connectivity index (χ0v) is 17.3. The maximum absolute atomic E-state index is 13.0. The second-order valence-electron chi connectivity index (χ2n) is 8.54. The van der Waals surface area contributed by atoms with Gasteiger partial charge in [0.25, 0.3) is 5.91 Å². The number of thiophene rings is 1. The molecule has 5 heteroatoms. The largest absolute Gasteiger partial charge is 0.493 e.